The van der Waals surface area contributed by atoms with Crippen LogP contribution in [-0.4, -0.2) is 15.8 Å². The molecule has 5 rings (SSSR count). The van der Waals surface area contributed by atoms with Gasteiger partial charge in [0.05, 0.1) is 11.7 Å². The van der Waals surface area contributed by atoms with Crippen molar-refractivity contribution in [3.63, 3.8) is 0 Å². The highest BCUT2D eigenvalue weighted by atomic mass is 15.3. The van der Waals surface area contributed by atoms with Crippen molar-refractivity contribution in [2.75, 3.05) is 0 Å². The Labute approximate surface area is 121 Å². The summed E-state index contributed by atoms with van der Waals surface area (Å²) in [6.45, 7) is 4.23. The lowest BCUT2D eigenvalue weighted by Crippen LogP contribution is -2.46. The van der Waals surface area contributed by atoms with E-state index in [0.29, 0.717) is 6.04 Å². The van der Waals surface area contributed by atoms with Gasteiger partial charge in [-0.05, 0) is 81.6 Å². The van der Waals surface area contributed by atoms with Gasteiger partial charge >= 0.3 is 0 Å². The molecular formula is C17H27N3. The van der Waals surface area contributed by atoms with Gasteiger partial charge in [-0.3, -0.25) is 4.68 Å². The third kappa shape index (κ3) is 2.02. The number of nitrogens with two attached hydrogens (primary N) is 1. The van der Waals surface area contributed by atoms with E-state index in [2.05, 4.69) is 24.7 Å². The van der Waals surface area contributed by atoms with Crippen molar-refractivity contribution in [2.24, 2.45) is 29.4 Å². The van der Waals surface area contributed by atoms with Crippen LogP contribution < -0.4 is 5.73 Å². The second kappa shape index (κ2) is 4.59. The normalized spacial score (nSPS) is 40.2. The van der Waals surface area contributed by atoms with Gasteiger partial charge in [0, 0.05) is 12.2 Å². The Morgan fingerprint density at radius 2 is 1.80 bits per heavy atom. The van der Waals surface area contributed by atoms with Gasteiger partial charge in [-0.25, -0.2) is 0 Å². The van der Waals surface area contributed by atoms with Crippen molar-refractivity contribution in [2.45, 2.75) is 64.5 Å². The molecule has 0 spiro atoms. The summed E-state index contributed by atoms with van der Waals surface area (Å²) in [5, 5.41) is 4.87. The monoisotopic (exact) mass is 273 g/mol. The van der Waals surface area contributed by atoms with Gasteiger partial charge in [0.1, 0.15) is 0 Å². The molecule has 2 N–H and O–H groups in total. The molecule has 1 atom stereocenters. The summed E-state index contributed by atoms with van der Waals surface area (Å²) in [7, 11) is 0. The molecule has 4 aliphatic rings. The predicted octanol–water partition coefficient (Wildman–Crippen LogP) is 3.08. The van der Waals surface area contributed by atoms with Crippen LogP contribution in [0.15, 0.2) is 6.20 Å². The van der Waals surface area contributed by atoms with Crippen molar-refractivity contribution in [3.05, 3.63) is 17.5 Å². The first-order chi connectivity index (χ1) is 9.60. The standard InChI is InChI=1S/C17H27N3/c1-10(18)3-16-9-20(19-11(16)2)17-14-5-12-4-13(7-14)8-15(17)6-12/h9-10,12-15,17H,3-8,18H2,1-2H3. The van der Waals surface area contributed by atoms with Crippen LogP contribution in [0.3, 0.4) is 0 Å². The maximum Gasteiger partial charge on any atom is 0.0626 e. The molecule has 0 aromatic carbocycles. The Morgan fingerprint density at radius 1 is 1.20 bits per heavy atom. The largest absolute Gasteiger partial charge is 0.328 e. The number of nitrogens with zero attached hydrogens (tertiary/aromatic N) is 2. The van der Waals surface area contributed by atoms with E-state index in [0.717, 1.165) is 30.1 Å². The van der Waals surface area contributed by atoms with Crippen LogP contribution in [0.1, 0.15) is 56.3 Å². The Hall–Kier alpha value is -0.830. The van der Waals surface area contributed by atoms with E-state index >= 15 is 0 Å². The number of rotatable bonds is 3. The molecule has 0 amide bonds. The number of hydrogen-bond acceptors (Lipinski definition) is 2. The second-order valence-electron chi connectivity index (χ2n) is 7.82. The van der Waals surface area contributed by atoms with Crippen LogP contribution in [0.2, 0.25) is 0 Å². The van der Waals surface area contributed by atoms with Crippen LogP contribution >= 0.6 is 0 Å². The quantitative estimate of drug-likeness (QED) is 0.919. The highest BCUT2D eigenvalue weighted by molar-refractivity contribution is 5.18. The van der Waals surface area contributed by atoms with Gasteiger partial charge in [0.2, 0.25) is 0 Å². The first-order valence-electron chi connectivity index (χ1n) is 8.40. The zero-order chi connectivity index (χ0) is 13.9. The molecule has 0 aliphatic heterocycles. The minimum Gasteiger partial charge on any atom is -0.328 e. The average Bonchev–Trinajstić information content (AvgIpc) is 2.68. The lowest BCUT2D eigenvalue weighted by Gasteiger charge is -2.54. The topological polar surface area (TPSA) is 43.8 Å². The highest BCUT2D eigenvalue weighted by Crippen LogP contribution is 2.58. The first-order valence-corrected chi connectivity index (χ1v) is 8.40. The fraction of sp³-hybridized carbons (Fsp3) is 0.824. The molecule has 0 radical (unpaired) electrons. The molecule has 3 heteroatoms. The summed E-state index contributed by atoms with van der Waals surface area (Å²) in [6.07, 6.45) is 10.6. The summed E-state index contributed by atoms with van der Waals surface area (Å²) in [4.78, 5) is 0. The summed E-state index contributed by atoms with van der Waals surface area (Å²) in [6, 6.07) is 0.910. The van der Waals surface area contributed by atoms with E-state index in [9.17, 15) is 0 Å². The van der Waals surface area contributed by atoms with E-state index in [1.54, 1.807) is 0 Å². The van der Waals surface area contributed by atoms with Gasteiger partial charge in [0.25, 0.3) is 0 Å². The molecule has 0 saturated heterocycles. The summed E-state index contributed by atoms with van der Waals surface area (Å²) >= 11 is 0. The van der Waals surface area contributed by atoms with Crippen LogP contribution in [0.5, 0.6) is 0 Å². The van der Waals surface area contributed by atoms with E-state index in [-0.39, 0.29) is 6.04 Å². The van der Waals surface area contributed by atoms with Gasteiger partial charge in [-0.1, -0.05) is 0 Å². The predicted molar refractivity (Wildman–Crippen MR) is 80.4 cm³/mol. The molecule has 4 aliphatic carbocycles. The number of aryl methyl sites for hydroxylation is 1. The second-order valence-corrected chi connectivity index (χ2v) is 7.82. The summed E-state index contributed by atoms with van der Waals surface area (Å²) in [5.74, 6) is 3.87. The van der Waals surface area contributed by atoms with Crippen LogP contribution in [-0.2, 0) is 6.42 Å². The molecule has 4 fully saturated rings. The molecule has 1 aromatic heterocycles. The molecule has 20 heavy (non-hydrogen) atoms. The molecule has 1 heterocycles. The average molecular weight is 273 g/mol. The fourth-order valence-corrected chi connectivity index (χ4v) is 5.55. The van der Waals surface area contributed by atoms with Crippen LogP contribution in [0.25, 0.3) is 0 Å². The summed E-state index contributed by atoms with van der Waals surface area (Å²) in [5.41, 5.74) is 8.51. The Bertz CT molecular complexity index is 474. The SMILES string of the molecule is Cc1nn(C2C3CC4CC(C3)CC2C4)cc1CC(C)N. The molecule has 1 unspecified atom stereocenters. The lowest BCUT2D eigenvalue weighted by molar-refractivity contribution is -0.0337. The smallest absolute Gasteiger partial charge is 0.0626 e. The van der Waals surface area contributed by atoms with Gasteiger partial charge < -0.3 is 5.73 Å². The van der Waals surface area contributed by atoms with Crippen molar-refractivity contribution in [3.8, 4) is 0 Å². The van der Waals surface area contributed by atoms with Crippen LogP contribution in [0.4, 0.5) is 0 Å². The zero-order valence-corrected chi connectivity index (χ0v) is 12.8. The van der Waals surface area contributed by atoms with Crippen molar-refractivity contribution in [1.29, 1.82) is 0 Å². The first kappa shape index (κ1) is 12.9. The maximum atomic E-state index is 5.96. The number of hydrogen-bond donors (Lipinski definition) is 1. The zero-order valence-electron chi connectivity index (χ0n) is 12.8. The van der Waals surface area contributed by atoms with E-state index in [1.165, 1.54) is 43.4 Å². The third-order valence-corrected chi connectivity index (χ3v) is 6.04. The highest BCUT2D eigenvalue weighted by Gasteiger charge is 2.49. The Balaban J connectivity index is 1.61. The Kier molecular flexibility index (Phi) is 2.95. The van der Waals surface area contributed by atoms with Crippen molar-refractivity contribution in [1.82, 2.24) is 9.78 Å². The number of aromatic nitrogens is 2. The molecule has 3 nitrogen and oxygen atoms in total. The minimum atomic E-state index is 0.227. The molecule has 4 bridgehead atoms. The molecule has 1 aromatic rings. The van der Waals surface area contributed by atoms with Crippen LogP contribution in [0, 0.1) is 30.6 Å². The molecule has 4 saturated carbocycles. The Morgan fingerprint density at radius 3 is 2.35 bits per heavy atom. The van der Waals surface area contributed by atoms with Gasteiger partial charge in [0.15, 0.2) is 0 Å². The molecule has 110 valence electrons. The summed E-state index contributed by atoms with van der Waals surface area (Å²) < 4.78 is 2.33. The van der Waals surface area contributed by atoms with Gasteiger partial charge in [-0.15, -0.1) is 0 Å². The van der Waals surface area contributed by atoms with E-state index in [4.69, 9.17) is 10.8 Å². The molecular weight excluding hydrogens is 246 g/mol. The fourth-order valence-electron chi connectivity index (χ4n) is 5.55. The minimum absolute atomic E-state index is 0.227. The van der Waals surface area contributed by atoms with Crippen molar-refractivity contribution < 1.29 is 0 Å². The maximum absolute atomic E-state index is 5.96. The van der Waals surface area contributed by atoms with Crippen molar-refractivity contribution >= 4 is 0 Å². The van der Waals surface area contributed by atoms with E-state index in [1.807, 2.05) is 0 Å². The third-order valence-electron chi connectivity index (χ3n) is 6.04. The lowest BCUT2D eigenvalue weighted by atomic mass is 9.54. The van der Waals surface area contributed by atoms with Gasteiger partial charge in [-0.2, -0.15) is 5.10 Å². The van der Waals surface area contributed by atoms with E-state index < -0.39 is 0 Å².